The van der Waals surface area contributed by atoms with Crippen LogP contribution < -0.4 is 0 Å². The van der Waals surface area contributed by atoms with E-state index in [9.17, 15) is 13.2 Å². The molecule has 0 aliphatic heterocycles. The molecule has 1 heterocycles. The van der Waals surface area contributed by atoms with Crippen LogP contribution in [0.3, 0.4) is 0 Å². The van der Waals surface area contributed by atoms with Gasteiger partial charge in [-0.1, -0.05) is 0 Å². The Labute approximate surface area is 65.6 Å². The molecule has 0 saturated heterocycles. The summed E-state index contributed by atoms with van der Waals surface area (Å²) < 4.78 is 35.0. The zero-order valence-electron chi connectivity index (χ0n) is 5.22. The van der Waals surface area contributed by atoms with Gasteiger partial charge in [-0.2, -0.15) is 13.2 Å². The molecule has 1 aromatic heterocycles. The first kappa shape index (κ1) is 8.39. The fraction of sp³-hybridized carbons (Fsp3) is 0.167. The molecule has 0 unspecified atom stereocenters. The highest BCUT2D eigenvalue weighted by atomic mass is 32.2. The van der Waals surface area contributed by atoms with Crippen molar-refractivity contribution in [3.8, 4) is 0 Å². The molecule has 5 heteroatoms. The number of thioether (sulfide) groups is 1. The lowest BCUT2D eigenvalue weighted by atomic mass is 10.5. The second-order valence-corrected chi connectivity index (χ2v) is 2.81. The lowest BCUT2D eigenvalue weighted by molar-refractivity contribution is -0.0328. The third-order valence-corrected chi connectivity index (χ3v) is 1.55. The Morgan fingerprint density at radius 1 is 1.45 bits per heavy atom. The minimum Gasteiger partial charge on any atom is -0.255 e. The molecule has 0 bridgehead atoms. The van der Waals surface area contributed by atoms with Crippen molar-refractivity contribution in [2.75, 3.05) is 0 Å². The topological polar surface area (TPSA) is 12.9 Å². The lowest BCUT2D eigenvalue weighted by Crippen LogP contribution is -1.98. The van der Waals surface area contributed by atoms with Gasteiger partial charge in [-0.15, -0.1) is 0 Å². The first-order valence-corrected chi connectivity index (χ1v) is 3.47. The van der Waals surface area contributed by atoms with E-state index in [-0.39, 0.29) is 16.7 Å². The van der Waals surface area contributed by atoms with Gasteiger partial charge < -0.3 is 0 Å². The number of rotatable bonds is 1. The lowest BCUT2D eigenvalue weighted by Gasteiger charge is -2.03. The predicted molar refractivity (Wildman–Crippen MR) is 35.0 cm³/mol. The molecule has 1 radical (unpaired) electrons. The van der Waals surface area contributed by atoms with Crippen molar-refractivity contribution in [1.82, 2.24) is 4.98 Å². The predicted octanol–water partition coefficient (Wildman–Crippen LogP) is 2.49. The van der Waals surface area contributed by atoms with Crippen molar-refractivity contribution in [2.24, 2.45) is 0 Å². The molecule has 1 aromatic rings. The summed E-state index contributed by atoms with van der Waals surface area (Å²) in [6.07, 6.45) is 3.58. The van der Waals surface area contributed by atoms with Crippen molar-refractivity contribution in [3.63, 3.8) is 0 Å². The van der Waals surface area contributed by atoms with E-state index in [0.29, 0.717) is 0 Å². The molecule has 0 aliphatic carbocycles. The number of alkyl halides is 3. The molecule has 59 valence electrons. The maximum absolute atomic E-state index is 11.7. The van der Waals surface area contributed by atoms with Gasteiger partial charge in [0.1, 0.15) is 0 Å². The van der Waals surface area contributed by atoms with E-state index in [4.69, 9.17) is 0 Å². The Kier molecular flexibility index (Phi) is 2.38. The summed E-state index contributed by atoms with van der Waals surface area (Å²) in [5.74, 6) is 0. The first-order chi connectivity index (χ1) is 5.08. The summed E-state index contributed by atoms with van der Waals surface area (Å²) in [6, 6.07) is 2.48. The average molecular weight is 178 g/mol. The molecular formula is C6H3F3NS. The molecular weight excluding hydrogens is 175 g/mol. The van der Waals surface area contributed by atoms with Gasteiger partial charge in [-0.05, 0) is 23.9 Å². The van der Waals surface area contributed by atoms with Gasteiger partial charge in [-0.25, -0.2) is 0 Å². The van der Waals surface area contributed by atoms with Crippen LogP contribution in [0.25, 0.3) is 0 Å². The van der Waals surface area contributed by atoms with Crippen LogP contribution in [-0.2, 0) is 0 Å². The standard InChI is InChI=1S/C6H3F3NS/c7-6(8,9)11-5-1-3-10-4-2-5/h1-3H. The minimum absolute atomic E-state index is 0.104. The minimum atomic E-state index is -4.23. The zero-order valence-corrected chi connectivity index (χ0v) is 6.04. The van der Waals surface area contributed by atoms with Crippen LogP contribution in [0.15, 0.2) is 23.2 Å². The smallest absolute Gasteiger partial charge is 0.255 e. The van der Waals surface area contributed by atoms with E-state index in [2.05, 4.69) is 11.2 Å². The Morgan fingerprint density at radius 2 is 2.18 bits per heavy atom. The fourth-order valence-electron chi connectivity index (χ4n) is 0.500. The van der Waals surface area contributed by atoms with E-state index in [1.807, 2.05) is 0 Å². The first-order valence-electron chi connectivity index (χ1n) is 2.66. The molecule has 0 amide bonds. The van der Waals surface area contributed by atoms with Crippen molar-refractivity contribution in [1.29, 1.82) is 0 Å². The van der Waals surface area contributed by atoms with Gasteiger partial charge in [-0.3, -0.25) is 4.98 Å². The van der Waals surface area contributed by atoms with Crippen LogP contribution in [0.5, 0.6) is 0 Å². The van der Waals surface area contributed by atoms with E-state index in [1.54, 1.807) is 0 Å². The second kappa shape index (κ2) is 3.13. The highest BCUT2D eigenvalue weighted by Crippen LogP contribution is 2.35. The van der Waals surface area contributed by atoms with Gasteiger partial charge in [0, 0.05) is 11.1 Å². The SMILES string of the molecule is FC(F)(F)Sc1c[c]ncc1. The van der Waals surface area contributed by atoms with Gasteiger partial charge in [0.15, 0.2) is 0 Å². The molecule has 1 rings (SSSR count). The van der Waals surface area contributed by atoms with Gasteiger partial charge in [0.2, 0.25) is 0 Å². The van der Waals surface area contributed by atoms with Gasteiger partial charge in [0.25, 0.3) is 0 Å². The Morgan fingerprint density at radius 3 is 2.64 bits per heavy atom. The summed E-state index contributed by atoms with van der Waals surface area (Å²) in [7, 11) is 0. The van der Waals surface area contributed by atoms with E-state index < -0.39 is 5.51 Å². The summed E-state index contributed by atoms with van der Waals surface area (Å²) in [5, 5.41) is 0. The Balaban J connectivity index is 2.66. The number of halogens is 3. The third kappa shape index (κ3) is 3.27. The molecule has 0 N–H and O–H groups in total. The Hall–Kier alpha value is -0.710. The molecule has 0 aliphatic rings. The summed E-state index contributed by atoms with van der Waals surface area (Å²) in [6.45, 7) is 0. The zero-order chi connectivity index (χ0) is 8.32. The van der Waals surface area contributed by atoms with E-state index >= 15 is 0 Å². The van der Waals surface area contributed by atoms with E-state index in [0.717, 1.165) is 0 Å². The monoisotopic (exact) mass is 178 g/mol. The highest BCUT2D eigenvalue weighted by molar-refractivity contribution is 8.00. The largest absolute Gasteiger partial charge is 0.446 e. The number of hydrogen-bond donors (Lipinski definition) is 0. The summed E-state index contributed by atoms with van der Waals surface area (Å²) in [4.78, 5) is 3.57. The van der Waals surface area contributed by atoms with Crippen molar-refractivity contribution in [2.45, 2.75) is 10.4 Å². The second-order valence-electron chi connectivity index (χ2n) is 1.67. The number of hydrogen-bond acceptors (Lipinski definition) is 2. The van der Waals surface area contributed by atoms with Crippen LogP contribution >= 0.6 is 11.8 Å². The molecule has 0 fully saturated rings. The van der Waals surface area contributed by atoms with Crippen LogP contribution in [0, 0.1) is 6.20 Å². The Bertz CT molecular complexity index is 221. The van der Waals surface area contributed by atoms with Gasteiger partial charge >= 0.3 is 5.51 Å². The van der Waals surface area contributed by atoms with Crippen molar-refractivity contribution >= 4 is 11.8 Å². The van der Waals surface area contributed by atoms with Crippen LogP contribution in [0.4, 0.5) is 13.2 Å². The maximum Gasteiger partial charge on any atom is 0.446 e. The molecule has 0 aromatic carbocycles. The molecule has 11 heavy (non-hydrogen) atoms. The maximum atomic E-state index is 11.7. The average Bonchev–Trinajstić information content (AvgIpc) is 1.85. The fourth-order valence-corrected chi connectivity index (χ4v) is 1.01. The molecule has 0 saturated carbocycles. The van der Waals surface area contributed by atoms with E-state index in [1.165, 1.54) is 18.3 Å². The van der Waals surface area contributed by atoms with Crippen LogP contribution in [-0.4, -0.2) is 10.5 Å². The van der Waals surface area contributed by atoms with Crippen LogP contribution in [0.1, 0.15) is 0 Å². The molecule has 1 nitrogen and oxygen atoms in total. The molecule has 0 atom stereocenters. The van der Waals surface area contributed by atoms with Crippen molar-refractivity contribution < 1.29 is 13.2 Å². The quantitative estimate of drug-likeness (QED) is 0.613. The number of nitrogens with zero attached hydrogens (tertiary/aromatic N) is 1. The highest BCUT2D eigenvalue weighted by Gasteiger charge is 2.28. The molecule has 0 spiro atoms. The summed E-state index contributed by atoms with van der Waals surface area (Å²) >= 11 is -0.171. The van der Waals surface area contributed by atoms with Crippen molar-refractivity contribution in [3.05, 3.63) is 24.5 Å². The number of aromatic nitrogens is 1. The third-order valence-electron chi connectivity index (χ3n) is 0.828. The summed E-state index contributed by atoms with van der Waals surface area (Å²) in [5.41, 5.74) is -4.23. The van der Waals surface area contributed by atoms with Gasteiger partial charge in [0.05, 0.1) is 6.20 Å². The van der Waals surface area contributed by atoms with Crippen LogP contribution in [0.2, 0.25) is 0 Å². The number of pyridine rings is 1. The normalized spacial score (nSPS) is 11.5.